The Kier molecular flexibility index (Phi) is 4.67. The van der Waals surface area contributed by atoms with Crippen LogP contribution in [0.1, 0.15) is 17.2 Å². The molecule has 140 valence electrons. The van der Waals surface area contributed by atoms with E-state index in [0.717, 1.165) is 0 Å². The fourth-order valence-electron chi connectivity index (χ4n) is 3.22. The van der Waals surface area contributed by atoms with E-state index in [1.807, 2.05) is 6.07 Å². The summed E-state index contributed by atoms with van der Waals surface area (Å²) in [6.45, 7) is 0. The zero-order valence-electron chi connectivity index (χ0n) is 14.9. The monoisotopic (exact) mass is 392 g/mol. The summed E-state index contributed by atoms with van der Waals surface area (Å²) in [6.07, 6.45) is 1.57. The predicted octanol–water partition coefficient (Wildman–Crippen LogP) is 3.78. The van der Waals surface area contributed by atoms with Crippen LogP contribution in [0.15, 0.2) is 71.7 Å². The van der Waals surface area contributed by atoms with Crippen molar-refractivity contribution < 1.29 is 19.4 Å². The zero-order valence-corrected chi connectivity index (χ0v) is 15.7. The summed E-state index contributed by atoms with van der Waals surface area (Å²) in [6, 6.07) is 15.0. The van der Waals surface area contributed by atoms with Crippen LogP contribution in [-0.4, -0.2) is 28.9 Å². The number of hydrogen-bond donors (Lipinski definition) is 1. The van der Waals surface area contributed by atoms with Gasteiger partial charge in [-0.15, -0.1) is 11.3 Å². The third-order valence-corrected chi connectivity index (χ3v) is 5.32. The van der Waals surface area contributed by atoms with Crippen LogP contribution in [0, 0.1) is 0 Å². The molecule has 1 aliphatic heterocycles. The van der Waals surface area contributed by atoms with E-state index < -0.39 is 17.7 Å². The molecule has 0 radical (unpaired) electrons. The summed E-state index contributed by atoms with van der Waals surface area (Å²) in [7, 11) is 1.56. The quantitative estimate of drug-likeness (QED) is 0.415. The minimum atomic E-state index is -0.780. The highest BCUT2D eigenvalue weighted by atomic mass is 32.1. The summed E-state index contributed by atoms with van der Waals surface area (Å²) in [5, 5.41) is 13.0. The van der Waals surface area contributed by atoms with E-state index in [-0.39, 0.29) is 11.3 Å². The number of thiazole rings is 1. The highest BCUT2D eigenvalue weighted by molar-refractivity contribution is 7.14. The van der Waals surface area contributed by atoms with Gasteiger partial charge in [0, 0.05) is 17.1 Å². The maximum atomic E-state index is 12.9. The molecule has 0 aliphatic carbocycles. The van der Waals surface area contributed by atoms with E-state index in [1.54, 1.807) is 67.2 Å². The first kappa shape index (κ1) is 17.9. The fraction of sp³-hybridized carbons (Fsp3) is 0.0952. The lowest BCUT2D eigenvalue weighted by Gasteiger charge is -2.23. The number of nitrogens with zero attached hydrogens (tertiary/aromatic N) is 2. The molecule has 1 fully saturated rings. The van der Waals surface area contributed by atoms with Crippen molar-refractivity contribution in [3.63, 3.8) is 0 Å². The molecule has 4 rings (SSSR count). The van der Waals surface area contributed by atoms with Crippen molar-refractivity contribution in [1.82, 2.24) is 4.98 Å². The molecule has 3 aromatic rings. The van der Waals surface area contributed by atoms with Gasteiger partial charge < -0.3 is 9.84 Å². The van der Waals surface area contributed by atoms with Crippen molar-refractivity contribution in [3.05, 3.63) is 82.9 Å². The Labute approximate surface area is 165 Å². The number of carbonyl (C=O) groups excluding carboxylic acids is 2. The van der Waals surface area contributed by atoms with Crippen LogP contribution in [0.5, 0.6) is 5.75 Å². The first-order valence-electron chi connectivity index (χ1n) is 8.51. The van der Waals surface area contributed by atoms with Gasteiger partial charge in [0.2, 0.25) is 0 Å². The smallest absolute Gasteiger partial charge is 0.301 e. The molecule has 1 saturated heterocycles. The third-order valence-electron chi connectivity index (χ3n) is 4.55. The Hall–Kier alpha value is -3.45. The number of amides is 1. The van der Waals surface area contributed by atoms with Crippen LogP contribution < -0.4 is 9.64 Å². The Morgan fingerprint density at radius 1 is 1.11 bits per heavy atom. The number of anilines is 1. The minimum Gasteiger partial charge on any atom is -0.507 e. The lowest BCUT2D eigenvalue weighted by Crippen LogP contribution is -2.29. The molecule has 6 nitrogen and oxygen atoms in total. The van der Waals surface area contributed by atoms with Crippen molar-refractivity contribution in [1.29, 1.82) is 0 Å². The molecule has 1 amide bonds. The van der Waals surface area contributed by atoms with Crippen LogP contribution in [0.25, 0.3) is 5.76 Å². The number of aliphatic hydroxyl groups is 1. The summed E-state index contributed by atoms with van der Waals surface area (Å²) >= 11 is 1.25. The number of methoxy groups -OCH3 is 1. The summed E-state index contributed by atoms with van der Waals surface area (Å²) in [5.41, 5.74) is 1.18. The van der Waals surface area contributed by atoms with Crippen molar-refractivity contribution in [3.8, 4) is 5.75 Å². The van der Waals surface area contributed by atoms with E-state index in [2.05, 4.69) is 4.98 Å². The van der Waals surface area contributed by atoms with Gasteiger partial charge in [0.1, 0.15) is 11.5 Å². The van der Waals surface area contributed by atoms with Gasteiger partial charge >= 0.3 is 5.91 Å². The van der Waals surface area contributed by atoms with Crippen LogP contribution in [0.2, 0.25) is 0 Å². The number of rotatable bonds is 4. The average Bonchev–Trinajstić information content (AvgIpc) is 3.35. The van der Waals surface area contributed by atoms with Crippen LogP contribution in [0.3, 0.4) is 0 Å². The molecule has 1 aromatic heterocycles. The number of hydrogen-bond acceptors (Lipinski definition) is 6. The van der Waals surface area contributed by atoms with Crippen molar-refractivity contribution in [2.24, 2.45) is 0 Å². The average molecular weight is 392 g/mol. The Balaban J connectivity index is 1.92. The topological polar surface area (TPSA) is 79.7 Å². The lowest BCUT2D eigenvalue weighted by molar-refractivity contribution is -0.132. The molecule has 1 N–H and O–H groups in total. The number of carbonyl (C=O) groups is 2. The number of benzene rings is 2. The molecule has 1 aliphatic rings. The molecule has 1 atom stereocenters. The van der Waals surface area contributed by atoms with Gasteiger partial charge in [0.25, 0.3) is 5.78 Å². The Morgan fingerprint density at radius 2 is 1.82 bits per heavy atom. The Bertz CT molecular complexity index is 1040. The molecule has 2 heterocycles. The van der Waals surface area contributed by atoms with Crippen LogP contribution in [0.4, 0.5) is 5.13 Å². The second kappa shape index (κ2) is 7.28. The summed E-state index contributed by atoms with van der Waals surface area (Å²) in [5.74, 6) is -1.01. The van der Waals surface area contributed by atoms with Gasteiger partial charge in [-0.05, 0) is 17.7 Å². The molecule has 28 heavy (non-hydrogen) atoms. The van der Waals surface area contributed by atoms with Crippen molar-refractivity contribution in [2.75, 3.05) is 12.0 Å². The normalized spacial score (nSPS) is 18.5. The number of ether oxygens (including phenoxy) is 1. The predicted molar refractivity (Wildman–Crippen MR) is 106 cm³/mol. The highest BCUT2D eigenvalue weighted by Crippen LogP contribution is 2.42. The van der Waals surface area contributed by atoms with E-state index in [9.17, 15) is 14.7 Å². The summed E-state index contributed by atoms with van der Waals surface area (Å²) < 4.78 is 5.20. The van der Waals surface area contributed by atoms with Gasteiger partial charge in [-0.3, -0.25) is 14.5 Å². The largest absolute Gasteiger partial charge is 0.507 e. The van der Waals surface area contributed by atoms with E-state index in [4.69, 9.17) is 4.74 Å². The van der Waals surface area contributed by atoms with Crippen molar-refractivity contribution >= 4 is 33.9 Å². The van der Waals surface area contributed by atoms with Crippen LogP contribution in [-0.2, 0) is 9.59 Å². The number of ketones is 1. The third kappa shape index (κ3) is 2.95. The van der Waals surface area contributed by atoms with Gasteiger partial charge in [-0.2, -0.15) is 0 Å². The Morgan fingerprint density at radius 3 is 2.43 bits per heavy atom. The number of aromatic nitrogens is 1. The minimum absolute atomic E-state index is 0.0385. The number of aliphatic hydroxyl groups excluding tert-OH is 1. The molecule has 2 aromatic carbocycles. The molecule has 0 unspecified atom stereocenters. The van der Waals surface area contributed by atoms with Gasteiger partial charge in [0.05, 0.1) is 18.7 Å². The van der Waals surface area contributed by atoms with Crippen LogP contribution >= 0.6 is 11.3 Å². The molecular weight excluding hydrogens is 376 g/mol. The van der Waals surface area contributed by atoms with E-state index >= 15 is 0 Å². The number of Topliss-reactive ketones (excluding diaryl/α,β-unsaturated/α-hetero) is 1. The maximum absolute atomic E-state index is 12.9. The lowest BCUT2D eigenvalue weighted by atomic mass is 9.95. The molecule has 0 saturated carbocycles. The van der Waals surface area contributed by atoms with E-state index in [1.165, 1.54) is 16.2 Å². The molecule has 7 heteroatoms. The first-order valence-corrected chi connectivity index (χ1v) is 9.39. The fourth-order valence-corrected chi connectivity index (χ4v) is 3.88. The molecule has 0 spiro atoms. The summed E-state index contributed by atoms with van der Waals surface area (Å²) in [4.78, 5) is 31.2. The SMILES string of the molecule is COc1ccc([C@@H]2/C(=C(\O)c3ccccc3)C(=O)C(=O)N2c2nccs2)cc1. The van der Waals surface area contributed by atoms with E-state index in [0.29, 0.717) is 22.0 Å². The second-order valence-electron chi connectivity index (χ2n) is 6.12. The van der Waals surface area contributed by atoms with Gasteiger partial charge in [-0.25, -0.2) is 4.98 Å². The van der Waals surface area contributed by atoms with Gasteiger partial charge in [-0.1, -0.05) is 42.5 Å². The van der Waals surface area contributed by atoms with Crippen molar-refractivity contribution in [2.45, 2.75) is 6.04 Å². The zero-order chi connectivity index (χ0) is 19.7. The second-order valence-corrected chi connectivity index (χ2v) is 7.00. The van der Waals surface area contributed by atoms with Gasteiger partial charge in [0.15, 0.2) is 5.13 Å². The molecule has 0 bridgehead atoms. The molecular formula is C21H16N2O4S. The standard InChI is InChI=1S/C21H16N2O4S/c1-27-15-9-7-13(8-10-15)17-16(18(24)14-5-3-2-4-6-14)19(25)20(26)23(17)21-22-11-12-28-21/h2-12,17,24H,1H3/b18-16+/t17-/m1/s1. The highest BCUT2D eigenvalue weighted by Gasteiger charge is 2.47. The first-order chi connectivity index (χ1) is 13.6. The maximum Gasteiger partial charge on any atom is 0.301 e.